The summed E-state index contributed by atoms with van der Waals surface area (Å²) in [6, 6.07) is 8.76. The van der Waals surface area contributed by atoms with Crippen molar-refractivity contribution in [2.75, 3.05) is 30.0 Å². The van der Waals surface area contributed by atoms with Crippen LogP contribution in [0.5, 0.6) is 0 Å². The van der Waals surface area contributed by atoms with Crippen LogP contribution < -0.4 is 16.0 Å². The molecule has 0 atom stereocenters. The van der Waals surface area contributed by atoms with Gasteiger partial charge in [-0.05, 0) is 30.7 Å². The van der Waals surface area contributed by atoms with Crippen LogP contribution in [0.15, 0.2) is 30.3 Å². The fraction of sp³-hybridized carbons (Fsp3) is 0.214. The second-order valence-corrected chi connectivity index (χ2v) is 4.88. The Hall–Kier alpha value is -2.83. The molecule has 0 aliphatic carbocycles. The van der Waals surface area contributed by atoms with Gasteiger partial charge < -0.3 is 16.0 Å². The van der Waals surface area contributed by atoms with E-state index in [0.717, 1.165) is 16.9 Å². The number of nitro groups is 1. The zero-order valence-corrected chi connectivity index (χ0v) is 12.1. The molecular weight excluding hydrogens is 270 g/mol. The number of rotatable bonds is 4. The molecule has 2 aromatic rings. The Balaban J connectivity index is 2.28. The largest absolute Gasteiger partial charge is 0.378 e. The summed E-state index contributed by atoms with van der Waals surface area (Å²) in [4.78, 5) is 16.2. The first kappa shape index (κ1) is 14.6. The molecule has 1 heterocycles. The van der Waals surface area contributed by atoms with Crippen LogP contribution in [-0.4, -0.2) is 24.0 Å². The standard InChI is InChI=1S/C14H17N5O2/c1-9-4-5-10(8-12(9)18(2)3)16-13-7-6-11(19(20)21)14(15)17-13/h4-8H,1-3H3,(H3,15,16,17). The molecule has 1 aromatic carbocycles. The number of nitrogen functional groups attached to an aromatic ring is 1. The van der Waals surface area contributed by atoms with E-state index in [2.05, 4.69) is 10.3 Å². The van der Waals surface area contributed by atoms with Crippen molar-refractivity contribution in [2.45, 2.75) is 6.92 Å². The van der Waals surface area contributed by atoms with Gasteiger partial charge in [0.1, 0.15) is 5.82 Å². The van der Waals surface area contributed by atoms with Crippen LogP contribution in [0.1, 0.15) is 5.56 Å². The van der Waals surface area contributed by atoms with E-state index in [1.807, 2.05) is 44.1 Å². The second kappa shape index (κ2) is 5.66. The topological polar surface area (TPSA) is 97.3 Å². The van der Waals surface area contributed by atoms with Gasteiger partial charge in [0.25, 0.3) is 0 Å². The molecule has 7 nitrogen and oxygen atoms in total. The smallest absolute Gasteiger partial charge is 0.311 e. The summed E-state index contributed by atoms with van der Waals surface area (Å²) in [5, 5.41) is 13.8. The molecule has 0 aliphatic heterocycles. The molecule has 110 valence electrons. The van der Waals surface area contributed by atoms with Gasteiger partial charge in [0.15, 0.2) is 0 Å². The minimum absolute atomic E-state index is 0.107. The number of anilines is 4. The van der Waals surface area contributed by atoms with Crippen LogP contribution >= 0.6 is 0 Å². The molecule has 7 heteroatoms. The summed E-state index contributed by atoms with van der Waals surface area (Å²) in [5.74, 6) is 0.358. The number of hydrogen-bond acceptors (Lipinski definition) is 6. The van der Waals surface area contributed by atoms with E-state index >= 15 is 0 Å². The first-order chi connectivity index (χ1) is 9.88. The molecule has 0 amide bonds. The Labute approximate surface area is 122 Å². The van der Waals surface area contributed by atoms with Crippen molar-refractivity contribution < 1.29 is 4.92 Å². The summed E-state index contributed by atoms with van der Waals surface area (Å²) >= 11 is 0. The van der Waals surface area contributed by atoms with Gasteiger partial charge in [0.05, 0.1) is 4.92 Å². The minimum atomic E-state index is -0.553. The van der Waals surface area contributed by atoms with E-state index in [0.29, 0.717) is 5.82 Å². The van der Waals surface area contributed by atoms with Crippen LogP contribution in [0.25, 0.3) is 0 Å². The fourth-order valence-corrected chi connectivity index (χ4v) is 2.01. The van der Waals surface area contributed by atoms with Crippen molar-refractivity contribution in [3.63, 3.8) is 0 Å². The number of nitrogens with two attached hydrogens (primary N) is 1. The van der Waals surface area contributed by atoms with E-state index < -0.39 is 4.92 Å². The van der Waals surface area contributed by atoms with Gasteiger partial charge in [-0.2, -0.15) is 0 Å². The maximum atomic E-state index is 10.7. The molecule has 0 fully saturated rings. The van der Waals surface area contributed by atoms with Crippen molar-refractivity contribution in [2.24, 2.45) is 0 Å². The van der Waals surface area contributed by atoms with Crippen LogP contribution in [0, 0.1) is 17.0 Å². The summed E-state index contributed by atoms with van der Waals surface area (Å²) in [7, 11) is 3.93. The second-order valence-electron chi connectivity index (χ2n) is 4.88. The van der Waals surface area contributed by atoms with Crippen molar-refractivity contribution in [1.82, 2.24) is 4.98 Å². The summed E-state index contributed by atoms with van der Waals surface area (Å²) in [6.45, 7) is 2.03. The Bertz CT molecular complexity index is 685. The molecule has 0 saturated carbocycles. The molecule has 2 rings (SSSR count). The van der Waals surface area contributed by atoms with Gasteiger partial charge in [-0.15, -0.1) is 0 Å². The zero-order valence-electron chi connectivity index (χ0n) is 12.1. The SMILES string of the molecule is Cc1ccc(Nc2ccc([N+](=O)[O-])c(N)n2)cc1N(C)C. The highest BCUT2D eigenvalue weighted by molar-refractivity contribution is 5.67. The van der Waals surface area contributed by atoms with Gasteiger partial charge >= 0.3 is 5.69 Å². The average molecular weight is 287 g/mol. The lowest BCUT2D eigenvalue weighted by atomic mass is 10.1. The Morgan fingerprint density at radius 2 is 2.00 bits per heavy atom. The number of nitrogens with one attached hydrogen (secondary N) is 1. The van der Waals surface area contributed by atoms with Gasteiger partial charge in [0, 0.05) is 31.5 Å². The molecule has 0 radical (unpaired) electrons. The Morgan fingerprint density at radius 3 is 2.57 bits per heavy atom. The van der Waals surface area contributed by atoms with E-state index in [9.17, 15) is 10.1 Å². The third-order valence-corrected chi connectivity index (χ3v) is 3.06. The third-order valence-electron chi connectivity index (χ3n) is 3.06. The Morgan fingerprint density at radius 1 is 1.29 bits per heavy atom. The maximum absolute atomic E-state index is 10.7. The molecule has 0 unspecified atom stereocenters. The number of aromatic nitrogens is 1. The normalized spacial score (nSPS) is 10.2. The predicted octanol–water partition coefficient (Wildman–Crippen LogP) is 2.69. The number of pyridine rings is 1. The maximum Gasteiger partial charge on any atom is 0.311 e. The average Bonchev–Trinajstić information content (AvgIpc) is 2.40. The third kappa shape index (κ3) is 3.19. The molecular formula is C14H17N5O2. The van der Waals surface area contributed by atoms with E-state index in [-0.39, 0.29) is 11.5 Å². The molecule has 0 bridgehead atoms. The monoisotopic (exact) mass is 287 g/mol. The molecule has 0 aliphatic rings. The lowest BCUT2D eigenvalue weighted by Crippen LogP contribution is -2.10. The number of hydrogen-bond donors (Lipinski definition) is 2. The van der Waals surface area contributed by atoms with E-state index in [1.165, 1.54) is 12.1 Å². The fourth-order valence-electron chi connectivity index (χ4n) is 2.01. The van der Waals surface area contributed by atoms with E-state index in [4.69, 9.17) is 5.73 Å². The molecule has 0 saturated heterocycles. The first-order valence-corrected chi connectivity index (χ1v) is 6.34. The first-order valence-electron chi connectivity index (χ1n) is 6.34. The lowest BCUT2D eigenvalue weighted by Gasteiger charge is -2.17. The van der Waals surface area contributed by atoms with Crippen LogP contribution in [-0.2, 0) is 0 Å². The molecule has 3 N–H and O–H groups in total. The molecule has 1 aromatic heterocycles. The highest BCUT2D eigenvalue weighted by Gasteiger charge is 2.13. The number of nitrogens with zero attached hydrogens (tertiary/aromatic N) is 3. The highest BCUT2D eigenvalue weighted by Crippen LogP contribution is 2.26. The van der Waals surface area contributed by atoms with E-state index in [1.54, 1.807) is 0 Å². The summed E-state index contributed by atoms with van der Waals surface area (Å²) in [6.07, 6.45) is 0. The lowest BCUT2D eigenvalue weighted by molar-refractivity contribution is -0.384. The van der Waals surface area contributed by atoms with Gasteiger partial charge in [-0.3, -0.25) is 10.1 Å². The quantitative estimate of drug-likeness (QED) is 0.662. The van der Waals surface area contributed by atoms with Crippen LogP contribution in [0.3, 0.4) is 0 Å². The minimum Gasteiger partial charge on any atom is -0.378 e. The zero-order chi connectivity index (χ0) is 15.6. The van der Waals surface area contributed by atoms with Gasteiger partial charge in [-0.1, -0.05) is 6.07 Å². The van der Waals surface area contributed by atoms with Crippen LogP contribution in [0.2, 0.25) is 0 Å². The van der Waals surface area contributed by atoms with Crippen molar-refractivity contribution >= 4 is 28.7 Å². The van der Waals surface area contributed by atoms with Crippen molar-refractivity contribution in [1.29, 1.82) is 0 Å². The Kier molecular flexibility index (Phi) is 3.93. The van der Waals surface area contributed by atoms with Crippen molar-refractivity contribution in [3.05, 3.63) is 46.0 Å². The number of benzene rings is 1. The molecule has 0 spiro atoms. The number of aryl methyl sites for hydroxylation is 1. The summed E-state index contributed by atoms with van der Waals surface area (Å²) < 4.78 is 0. The molecule has 21 heavy (non-hydrogen) atoms. The van der Waals surface area contributed by atoms with Crippen LogP contribution in [0.4, 0.5) is 28.7 Å². The van der Waals surface area contributed by atoms with Gasteiger partial charge in [0.2, 0.25) is 5.82 Å². The summed E-state index contributed by atoms with van der Waals surface area (Å²) in [5.41, 5.74) is 8.45. The highest BCUT2D eigenvalue weighted by atomic mass is 16.6. The van der Waals surface area contributed by atoms with Gasteiger partial charge in [-0.25, -0.2) is 4.98 Å². The van der Waals surface area contributed by atoms with Crippen molar-refractivity contribution in [3.8, 4) is 0 Å². The predicted molar refractivity (Wildman–Crippen MR) is 84.1 cm³/mol.